The zero-order chi connectivity index (χ0) is 25.7. The lowest BCUT2D eigenvalue weighted by Crippen LogP contribution is -2.23. The summed E-state index contributed by atoms with van der Waals surface area (Å²) in [7, 11) is 3.13. The minimum absolute atomic E-state index is 0.214. The summed E-state index contributed by atoms with van der Waals surface area (Å²) in [5.74, 6) is 1.26. The molecule has 2 aromatic carbocycles. The Morgan fingerprint density at radius 1 is 1.08 bits per heavy atom. The molecule has 186 valence electrons. The molecule has 0 aliphatic heterocycles. The molecule has 2 N–H and O–H groups in total. The molecule has 0 aliphatic carbocycles. The summed E-state index contributed by atoms with van der Waals surface area (Å²) in [4.78, 5) is 21.6. The first-order chi connectivity index (χ1) is 17.4. The van der Waals surface area contributed by atoms with Gasteiger partial charge in [-0.1, -0.05) is 29.8 Å². The molecule has 0 saturated heterocycles. The summed E-state index contributed by atoms with van der Waals surface area (Å²) < 4.78 is 12.7. The Labute approximate surface area is 214 Å². The monoisotopic (exact) mass is 506 g/mol. The van der Waals surface area contributed by atoms with Crippen LogP contribution < -0.4 is 20.1 Å². The Kier molecular flexibility index (Phi) is 7.70. The van der Waals surface area contributed by atoms with Crippen molar-refractivity contribution in [3.63, 3.8) is 0 Å². The van der Waals surface area contributed by atoms with E-state index in [4.69, 9.17) is 21.1 Å². The van der Waals surface area contributed by atoms with Crippen molar-refractivity contribution in [1.82, 2.24) is 25.1 Å². The number of aromatic nitrogens is 4. The Morgan fingerprint density at radius 2 is 1.86 bits per heavy atom. The molecule has 0 radical (unpaired) electrons. The van der Waals surface area contributed by atoms with E-state index in [1.54, 1.807) is 25.3 Å². The molecule has 0 bridgehead atoms. The predicted octanol–water partition coefficient (Wildman–Crippen LogP) is 5.27. The number of rotatable bonds is 9. The molecule has 0 spiro atoms. The Morgan fingerprint density at radius 3 is 2.58 bits per heavy atom. The summed E-state index contributed by atoms with van der Waals surface area (Å²) in [6.07, 6.45) is 3.40. The molecule has 0 saturated carbocycles. The van der Waals surface area contributed by atoms with Gasteiger partial charge in [0.25, 0.3) is 5.91 Å². The van der Waals surface area contributed by atoms with E-state index in [0.29, 0.717) is 51.7 Å². The van der Waals surface area contributed by atoms with Crippen molar-refractivity contribution in [3.8, 4) is 22.9 Å². The molecule has 36 heavy (non-hydrogen) atoms. The van der Waals surface area contributed by atoms with E-state index in [9.17, 15) is 4.79 Å². The van der Waals surface area contributed by atoms with E-state index in [0.717, 1.165) is 5.56 Å². The first kappa shape index (κ1) is 25.0. The van der Waals surface area contributed by atoms with Gasteiger partial charge in [0.2, 0.25) is 5.95 Å². The quantitative estimate of drug-likeness (QED) is 0.319. The molecule has 4 aromatic rings. The van der Waals surface area contributed by atoms with E-state index in [-0.39, 0.29) is 11.9 Å². The SMILES string of the molecule is COc1ccccc1CNC(=O)c1ccc(Nc2ncc(Cl)c(-c3ccn(C(C)C)n3)n2)c(OC)c1. The third-order valence-corrected chi connectivity index (χ3v) is 5.74. The minimum atomic E-state index is -0.239. The van der Waals surface area contributed by atoms with Gasteiger partial charge in [0.05, 0.1) is 31.1 Å². The average Bonchev–Trinajstić information content (AvgIpc) is 3.39. The maximum Gasteiger partial charge on any atom is 0.251 e. The smallest absolute Gasteiger partial charge is 0.251 e. The van der Waals surface area contributed by atoms with Crippen molar-refractivity contribution in [2.75, 3.05) is 19.5 Å². The largest absolute Gasteiger partial charge is 0.496 e. The summed E-state index contributed by atoms with van der Waals surface area (Å²) in [5, 5.41) is 11.0. The molecule has 0 unspecified atom stereocenters. The normalized spacial score (nSPS) is 10.8. The molecule has 2 aromatic heterocycles. The second-order valence-electron chi connectivity index (χ2n) is 8.20. The minimum Gasteiger partial charge on any atom is -0.496 e. The highest BCUT2D eigenvalue weighted by Crippen LogP contribution is 2.30. The Balaban J connectivity index is 1.51. The van der Waals surface area contributed by atoms with Gasteiger partial charge in [-0.2, -0.15) is 5.10 Å². The van der Waals surface area contributed by atoms with Gasteiger partial charge >= 0.3 is 0 Å². The maximum absolute atomic E-state index is 12.8. The van der Waals surface area contributed by atoms with Gasteiger partial charge in [0, 0.05) is 29.9 Å². The van der Waals surface area contributed by atoms with Crippen LogP contribution in [0.5, 0.6) is 11.5 Å². The number of halogens is 1. The zero-order valence-corrected chi connectivity index (χ0v) is 21.2. The maximum atomic E-state index is 12.8. The number of carbonyl (C=O) groups is 1. The van der Waals surface area contributed by atoms with Crippen LogP contribution in [0.1, 0.15) is 35.8 Å². The van der Waals surface area contributed by atoms with Crippen molar-refractivity contribution in [3.05, 3.63) is 77.1 Å². The van der Waals surface area contributed by atoms with Crippen LogP contribution in [0.15, 0.2) is 60.9 Å². The van der Waals surface area contributed by atoms with Crippen LogP contribution >= 0.6 is 11.6 Å². The highest BCUT2D eigenvalue weighted by atomic mass is 35.5. The fourth-order valence-electron chi connectivity index (χ4n) is 3.54. The van der Waals surface area contributed by atoms with Crippen molar-refractivity contribution in [1.29, 1.82) is 0 Å². The summed E-state index contributed by atoms with van der Waals surface area (Å²) in [6, 6.07) is 14.7. The van der Waals surface area contributed by atoms with Crippen molar-refractivity contribution in [2.24, 2.45) is 0 Å². The van der Waals surface area contributed by atoms with E-state index < -0.39 is 0 Å². The molecule has 1 amide bonds. The lowest BCUT2D eigenvalue weighted by molar-refractivity contribution is 0.0950. The van der Waals surface area contributed by atoms with Gasteiger partial charge in [-0.25, -0.2) is 9.97 Å². The standard InChI is InChI=1S/C26H27ClN6O3/c1-16(2)33-12-11-21(32-33)24-19(27)15-29-26(31-24)30-20-10-9-17(13-23(20)36-4)25(34)28-14-18-7-5-6-8-22(18)35-3/h5-13,15-16H,14H2,1-4H3,(H,28,34)(H,29,30,31). The van der Waals surface area contributed by atoms with Gasteiger partial charge < -0.3 is 20.1 Å². The average molecular weight is 507 g/mol. The lowest BCUT2D eigenvalue weighted by Gasteiger charge is -2.13. The molecule has 10 heteroatoms. The van der Waals surface area contributed by atoms with Crippen LogP contribution in [0.3, 0.4) is 0 Å². The number of carbonyl (C=O) groups excluding carboxylic acids is 1. The van der Waals surface area contributed by atoms with Gasteiger partial charge in [-0.3, -0.25) is 9.48 Å². The number of methoxy groups -OCH3 is 2. The topological polar surface area (TPSA) is 103 Å². The fourth-order valence-corrected chi connectivity index (χ4v) is 3.73. The molecule has 0 fully saturated rings. The Bertz CT molecular complexity index is 1370. The third-order valence-electron chi connectivity index (χ3n) is 5.47. The molecule has 9 nitrogen and oxygen atoms in total. The van der Waals surface area contributed by atoms with Crippen LogP contribution in [-0.4, -0.2) is 39.9 Å². The molecular formula is C26H27ClN6O3. The highest BCUT2D eigenvalue weighted by Gasteiger charge is 2.15. The van der Waals surface area contributed by atoms with Gasteiger partial charge in [0.1, 0.15) is 22.9 Å². The highest BCUT2D eigenvalue weighted by molar-refractivity contribution is 6.32. The summed E-state index contributed by atoms with van der Waals surface area (Å²) in [5.41, 5.74) is 3.09. The van der Waals surface area contributed by atoms with E-state index in [2.05, 4.69) is 25.7 Å². The second kappa shape index (κ2) is 11.1. The van der Waals surface area contributed by atoms with Crippen LogP contribution in [0.2, 0.25) is 5.02 Å². The summed E-state index contributed by atoms with van der Waals surface area (Å²) >= 11 is 6.35. The fraction of sp³-hybridized carbons (Fsp3) is 0.231. The number of anilines is 2. The lowest BCUT2D eigenvalue weighted by atomic mass is 10.1. The van der Waals surface area contributed by atoms with E-state index in [1.807, 2.05) is 55.1 Å². The second-order valence-corrected chi connectivity index (χ2v) is 8.61. The van der Waals surface area contributed by atoms with Crippen molar-refractivity contribution >= 4 is 29.1 Å². The third kappa shape index (κ3) is 5.58. The van der Waals surface area contributed by atoms with Crippen molar-refractivity contribution < 1.29 is 14.3 Å². The van der Waals surface area contributed by atoms with Gasteiger partial charge in [-0.15, -0.1) is 0 Å². The predicted molar refractivity (Wildman–Crippen MR) is 139 cm³/mol. The molecule has 0 aliphatic rings. The van der Waals surface area contributed by atoms with Crippen LogP contribution in [0.4, 0.5) is 11.6 Å². The number of hydrogen-bond acceptors (Lipinski definition) is 7. The first-order valence-electron chi connectivity index (χ1n) is 11.3. The van der Waals surface area contributed by atoms with Crippen LogP contribution in [-0.2, 0) is 6.54 Å². The number of amides is 1. The van der Waals surface area contributed by atoms with Gasteiger partial charge in [0.15, 0.2) is 0 Å². The number of para-hydroxylation sites is 1. The molecular weight excluding hydrogens is 480 g/mol. The summed E-state index contributed by atoms with van der Waals surface area (Å²) in [6.45, 7) is 4.42. The molecule has 0 atom stereocenters. The number of ether oxygens (including phenoxy) is 2. The molecule has 2 heterocycles. The van der Waals surface area contributed by atoms with E-state index in [1.165, 1.54) is 13.3 Å². The number of hydrogen-bond donors (Lipinski definition) is 2. The van der Waals surface area contributed by atoms with Crippen LogP contribution in [0, 0.1) is 0 Å². The number of nitrogens with zero attached hydrogens (tertiary/aromatic N) is 4. The zero-order valence-electron chi connectivity index (χ0n) is 20.4. The number of nitrogens with one attached hydrogen (secondary N) is 2. The molecule has 4 rings (SSSR count). The van der Waals surface area contributed by atoms with Crippen molar-refractivity contribution in [2.45, 2.75) is 26.4 Å². The number of benzene rings is 2. The van der Waals surface area contributed by atoms with Gasteiger partial charge in [-0.05, 0) is 44.2 Å². The first-order valence-corrected chi connectivity index (χ1v) is 11.7. The Hall–Kier alpha value is -4.11. The van der Waals surface area contributed by atoms with E-state index >= 15 is 0 Å². The van der Waals surface area contributed by atoms with Crippen LogP contribution in [0.25, 0.3) is 11.4 Å².